The van der Waals surface area contributed by atoms with Crippen LogP contribution < -0.4 is 0 Å². The van der Waals surface area contributed by atoms with Gasteiger partial charge >= 0.3 is 0 Å². The summed E-state index contributed by atoms with van der Waals surface area (Å²) in [5.74, 6) is -1.45. The molecular formula is C26H29ClF2N6O. The topological polar surface area (TPSA) is 62.4 Å². The van der Waals surface area contributed by atoms with Gasteiger partial charge < -0.3 is 14.6 Å². The summed E-state index contributed by atoms with van der Waals surface area (Å²) >= 11 is 6.17. The molecule has 1 atom stereocenters. The number of rotatable bonds is 9. The number of halogens is 3. The Morgan fingerprint density at radius 3 is 2.50 bits per heavy atom. The van der Waals surface area contributed by atoms with E-state index in [0.29, 0.717) is 0 Å². The first-order chi connectivity index (χ1) is 17.4. The number of aryl methyl sites for hydroxylation is 1. The van der Waals surface area contributed by atoms with Crippen LogP contribution in [0.1, 0.15) is 12.0 Å². The number of benzene rings is 2. The lowest BCUT2D eigenvalue weighted by atomic mass is 9.92. The molecule has 2 aromatic heterocycles. The van der Waals surface area contributed by atoms with E-state index >= 15 is 0 Å². The Morgan fingerprint density at radius 1 is 0.944 bits per heavy atom. The number of hydrogen-bond acceptors (Lipinski definition) is 5. The van der Waals surface area contributed by atoms with Crippen LogP contribution >= 0.6 is 11.6 Å². The summed E-state index contributed by atoms with van der Waals surface area (Å²) in [7, 11) is 0. The van der Waals surface area contributed by atoms with Gasteiger partial charge in [-0.25, -0.2) is 18.4 Å². The van der Waals surface area contributed by atoms with E-state index in [1.54, 1.807) is 0 Å². The molecule has 1 aliphatic heterocycles. The monoisotopic (exact) mass is 514 g/mol. The van der Waals surface area contributed by atoms with Crippen LogP contribution in [-0.2, 0) is 18.7 Å². The highest BCUT2D eigenvalue weighted by Gasteiger charge is 2.36. The van der Waals surface area contributed by atoms with Crippen molar-refractivity contribution in [3.63, 3.8) is 0 Å². The molecule has 3 heterocycles. The van der Waals surface area contributed by atoms with Gasteiger partial charge in [-0.2, -0.15) is 5.10 Å². The van der Waals surface area contributed by atoms with Crippen LogP contribution in [0.25, 0.3) is 10.9 Å². The molecule has 0 radical (unpaired) electrons. The molecule has 1 aliphatic rings. The largest absolute Gasteiger partial charge is 0.382 e. The van der Waals surface area contributed by atoms with E-state index in [-0.39, 0.29) is 18.7 Å². The van der Waals surface area contributed by atoms with Crippen molar-refractivity contribution in [2.75, 3.05) is 39.3 Å². The number of hydrogen-bond donors (Lipinski definition) is 1. The average molecular weight is 515 g/mol. The quantitative estimate of drug-likeness (QED) is 0.368. The minimum absolute atomic E-state index is 0.0185. The van der Waals surface area contributed by atoms with Crippen LogP contribution in [0.15, 0.2) is 61.3 Å². The molecule has 1 unspecified atom stereocenters. The Morgan fingerprint density at radius 2 is 1.75 bits per heavy atom. The maximum absolute atomic E-state index is 14.7. The van der Waals surface area contributed by atoms with Crippen molar-refractivity contribution in [2.24, 2.45) is 0 Å². The molecule has 1 saturated heterocycles. The molecule has 0 saturated carbocycles. The zero-order valence-corrected chi connectivity index (χ0v) is 20.7. The van der Waals surface area contributed by atoms with Crippen LogP contribution in [-0.4, -0.2) is 73.5 Å². The van der Waals surface area contributed by atoms with Crippen LogP contribution in [0, 0.1) is 11.6 Å². The highest BCUT2D eigenvalue weighted by molar-refractivity contribution is 6.31. The normalized spacial score (nSPS) is 17.0. The van der Waals surface area contributed by atoms with Gasteiger partial charge in [0, 0.05) is 67.6 Å². The van der Waals surface area contributed by atoms with Gasteiger partial charge in [0.05, 0.1) is 6.54 Å². The van der Waals surface area contributed by atoms with E-state index in [1.165, 1.54) is 34.9 Å². The summed E-state index contributed by atoms with van der Waals surface area (Å²) in [4.78, 5) is 8.45. The van der Waals surface area contributed by atoms with Crippen molar-refractivity contribution in [1.29, 1.82) is 0 Å². The first-order valence-corrected chi connectivity index (χ1v) is 12.5. The number of β-amino-alcohol motifs (C(OH)–C–C–N with tert-alkyl or cyclic N) is 1. The van der Waals surface area contributed by atoms with Crippen LogP contribution in [0.5, 0.6) is 0 Å². The summed E-state index contributed by atoms with van der Waals surface area (Å²) in [6.07, 6.45) is 5.95. The van der Waals surface area contributed by atoms with E-state index in [0.717, 1.165) is 62.3 Å². The summed E-state index contributed by atoms with van der Waals surface area (Å²) in [5.41, 5.74) is -0.377. The molecule has 0 amide bonds. The molecule has 5 rings (SSSR count). The number of aromatic nitrogens is 4. The highest BCUT2D eigenvalue weighted by atomic mass is 35.5. The summed E-state index contributed by atoms with van der Waals surface area (Å²) in [6, 6.07) is 11.3. The third-order valence-corrected chi connectivity index (χ3v) is 7.12. The molecule has 10 heteroatoms. The van der Waals surface area contributed by atoms with Gasteiger partial charge in [-0.05, 0) is 42.6 Å². The lowest BCUT2D eigenvalue weighted by Crippen LogP contribution is -2.52. The van der Waals surface area contributed by atoms with Gasteiger partial charge in [-0.3, -0.25) is 4.90 Å². The van der Waals surface area contributed by atoms with Crippen molar-refractivity contribution in [2.45, 2.75) is 25.1 Å². The Hall–Kier alpha value is -2.85. The summed E-state index contributed by atoms with van der Waals surface area (Å²) in [6.45, 7) is 5.28. The zero-order valence-electron chi connectivity index (χ0n) is 19.9. The van der Waals surface area contributed by atoms with Gasteiger partial charge in [0.15, 0.2) is 0 Å². The smallest absolute Gasteiger partial charge is 0.137 e. The van der Waals surface area contributed by atoms with E-state index in [1.807, 2.05) is 18.2 Å². The molecular weight excluding hydrogens is 486 g/mol. The van der Waals surface area contributed by atoms with Crippen molar-refractivity contribution >= 4 is 22.5 Å². The van der Waals surface area contributed by atoms with E-state index in [4.69, 9.17) is 11.6 Å². The third-order valence-electron chi connectivity index (χ3n) is 6.88. The maximum Gasteiger partial charge on any atom is 0.137 e. The Kier molecular flexibility index (Phi) is 7.34. The Labute approximate surface area is 213 Å². The van der Waals surface area contributed by atoms with E-state index in [9.17, 15) is 13.9 Å². The molecule has 190 valence electrons. The van der Waals surface area contributed by atoms with Gasteiger partial charge in [-0.1, -0.05) is 23.7 Å². The number of aliphatic hydroxyl groups is 1. The second-order valence-electron chi connectivity index (χ2n) is 9.43. The predicted molar refractivity (Wildman–Crippen MR) is 135 cm³/mol. The first kappa shape index (κ1) is 24.8. The molecule has 0 aliphatic carbocycles. The molecule has 0 spiro atoms. The molecule has 4 aromatic rings. The van der Waals surface area contributed by atoms with Gasteiger partial charge in [0.25, 0.3) is 0 Å². The van der Waals surface area contributed by atoms with Crippen molar-refractivity contribution < 1.29 is 13.9 Å². The lowest BCUT2D eigenvalue weighted by molar-refractivity contribution is -0.0319. The minimum Gasteiger partial charge on any atom is -0.382 e. The zero-order chi connectivity index (χ0) is 25.1. The molecule has 7 nitrogen and oxygen atoms in total. The average Bonchev–Trinajstić information content (AvgIpc) is 3.50. The van der Waals surface area contributed by atoms with Gasteiger partial charge in [-0.15, -0.1) is 0 Å². The van der Waals surface area contributed by atoms with Gasteiger partial charge in [0.1, 0.15) is 29.9 Å². The van der Waals surface area contributed by atoms with E-state index in [2.05, 4.69) is 36.7 Å². The standard InChI is InChI=1S/C26H29ClF2N6O/c27-21-3-2-20-6-9-34(25(20)14-21)8-1-7-32-10-12-33(13-11-32)16-26(36,17-35-19-30-18-31-35)23-5-4-22(28)15-24(23)29/h2-6,9,14-15,18-19,36H,1,7-8,10-13,16-17H2. The van der Waals surface area contributed by atoms with Gasteiger partial charge in [0.2, 0.25) is 0 Å². The Balaban J connectivity index is 1.18. The van der Waals surface area contributed by atoms with Crippen molar-refractivity contribution in [3.8, 4) is 0 Å². The molecule has 0 bridgehead atoms. The Bertz CT molecular complexity index is 1310. The predicted octanol–water partition coefficient (Wildman–Crippen LogP) is 3.76. The second kappa shape index (κ2) is 10.6. The maximum atomic E-state index is 14.7. The van der Waals surface area contributed by atoms with Crippen LogP contribution in [0.2, 0.25) is 5.02 Å². The third kappa shape index (κ3) is 5.59. The summed E-state index contributed by atoms with van der Waals surface area (Å²) < 4.78 is 31.9. The minimum atomic E-state index is -1.58. The molecule has 36 heavy (non-hydrogen) atoms. The molecule has 1 N–H and O–H groups in total. The fourth-order valence-electron chi connectivity index (χ4n) is 5.03. The first-order valence-electron chi connectivity index (χ1n) is 12.1. The lowest BCUT2D eigenvalue weighted by Gasteiger charge is -2.39. The van der Waals surface area contributed by atoms with Crippen molar-refractivity contribution in [1.82, 2.24) is 29.1 Å². The number of nitrogens with zero attached hydrogens (tertiary/aromatic N) is 6. The molecule has 1 fully saturated rings. The summed E-state index contributed by atoms with van der Waals surface area (Å²) in [5, 5.41) is 17.6. The highest BCUT2D eigenvalue weighted by Crippen LogP contribution is 2.28. The number of fused-ring (bicyclic) bond motifs is 1. The number of piperazine rings is 1. The SMILES string of the molecule is OC(CN1CCN(CCCn2ccc3ccc(Cl)cc32)CC1)(Cn1cncn1)c1ccc(F)cc1F. The second-order valence-corrected chi connectivity index (χ2v) is 9.87. The van der Waals surface area contributed by atoms with Crippen LogP contribution in [0.4, 0.5) is 8.78 Å². The molecule has 2 aromatic carbocycles. The fourth-order valence-corrected chi connectivity index (χ4v) is 5.19. The fraction of sp³-hybridized carbons (Fsp3) is 0.385. The van der Waals surface area contributed by atoms with Crippen molar-refractivity contribution in [3.05, 3.63) is 83.5 Å². The van der Waals surface area contributed by atoms with E-state index < -0.39 is 17.2 Å². The van der Waals surface area contributed by atoms with Crippen LogP contribution in [0.3, 0.4) is 0 Å².